The van der Waals surface area contributed by atoms with Crippen molar-refractivity contribution in [3.63, 3.8) is 0 Å². The zero-order valence-electron chi connectivity index (χ0n) is 27.1. The number of sulfonamides is 1. The molecule has 46 heavy (non-hydrogen) atoms. The van der Waals surface area contributed by atoms with Gasteiger partial charge in [0.2, 0.25) is 11.8 Å². The van der Waals surface area contributed by atoms with Crippen LogP contribution >= 0.6 is 0 Å². The van der Waals surface area contributed by atoms with Crippen LogP contribution in [0, 0.1) is 0 Å². The van der Waals surface area contributed by atoms with E-state index in [4.69, 9.17) is 4.74 Å². The SMILES string of the molecule is CCc1ccccc1N(CC(=O)N(Cc1cccc(OC)c1)[C@H](Cc1ccccc1)C(=O)NC(C)(C)C)S(=O)(=O)c1ccccc1. The number of methoxy groups -OCH3 is 1. The number of aryl methyl sites for hydroxylation is 1. The number of carbonyl (C=O) groups is 2. The highest BCUT2D eigenvalue weighted by Gasteiger charge is 2.36. The molecule has 0 spiro atoms. The third-order valence-corrected chi connectivity index (χ3v) is 9.28. The molecule has 0 aromatic heterocycles. The molecular weight excluding hydrogens is 598 g/mol. The maximum Gasteiger partial charge on any atom is 0.264 e. The van der Waals surface area contributed by atoms with E-state index in [0.29, 0.717) is 17.9 Å². The number of ether oxygens (including phenoxy) is 1. The molecule has 4 aromatic rings. The summed E-state index contributed by atoms with van der Waals surface area (Å²) < 4.78 is 35.1. The Morgan fingerprint density at radius 2 is 1.43 bits per heavy atom. The molecule has 0 saturated carbocycles. The van der Waals surface area contributed by atoms with E-state index in [2.05, 4.69) is 5.32 Å². The van der Waals surface area contributed by atoms with Crippen molar-refractivity contribution in [3.05, 3.63) is 126 Å². The third-order valence-electron chi connectivity index (χ3n) is 7.51. The summed E-state index contributed by atoms with van der Waals surface area (Å²) in [5, 5.41) is 3.05. The number of carbonyl (C=O) groups excluding carboxylic acids is 2. The van der Waals surface area contributed by atoms with Crippen molar-refractivity contribution < 1.29 is 22.7 Å². The molecule has 0 aliphatic carbocycles. The van der Waals surface area contributed by atoms with E-state index in [0.717, 1.165) is 16.7 Å². The molecular formula is C37H43N3O5S. The Labute approximate surface area is 273 Å². The minimum absolute atomic E-state index is 0.0553. The van der Waals surface area contributed by atoms with Crippen molar-refractivity contribution in [2.24, 2.45) is 0 Å². The minimum Gasteiger partial charge on any atom is -0.497 e. The van der Waals surface area contributed by atoms with Crippen LogP contribution in [0.15, 0.2) is 114 Å². The van der Waals surface area contributed by atoms with Gasteiger partial charge in [-0.05, 0) is 74.2 Å². The molecule has 4 aromatic carbocycles. The summed E-state index contributed by atoms with van der Waals surface area (Å²) in [6.45, 7) is 7.14. The molecule has 0 heterocycles. The van der Waals surface area contributed by atoms with Crippen molar-refractivity contribution in [2.75, 3.05) is 18.0 Å². The number of benzene rings is 4. The Bertz CT molecular complexity index is 1720. The van der Waals surface area contributed by atoms with Gasteiger partial charge in [0.25, 0.3) is 10.0 Å². The highest BCUT2D eigenvalue weighted by atomic mass is 32.2. The Morgan fingerprint density at radius 1 is 0.826 bits per heavy atom. The molecule has 8 nitrogen and oxygen atoms in total. The highest BCUT2D eigenvalue weighted by molar-refractivity contribution is 7.92. The van der Waals surface area contributed by atoms with Crippen LogP contribution in [0.1, 0.15) is 44.4 Å². The quantitative estimate of drug-likeness (QED) is 0.193. The molecule has 242 valence electrons. The Balaban J connectivity index is 1.85. The summed E-state index contributed by atoms with van der Waals surface area (Å²) in [6, 6.07) is 31.1. The first-order chi connectivity index (χ1) is 21.9. The number of rotatable bonds is 13. The molecule has 9 heteroatoms. The lowest BCUT2D eigenvalue weighted by Gasteiger charge is -2.35. The molecule has 4 rings (SSSR count). The van der Waals surface area contributed by atoms with Crippen molar-refractivity contribution in [1.82, 2.24) is 10.2 Å². The van der Waals surface area contributed by atoms with Crippen molar-refractivity contribution in [1.29, 1.82) is 0 Å². The van der Waals surface area contributed by atoms with Crippen molar-refractivity contribution in [3.8, 4) is 5.75 Å². The minimum atomic E-state index is -4.17. The highest BCUT2D eigenvalue weighted by Crippen LogP contribution is 2.29. The Hall–Kier alpha value is -4.63. The second kappa shape index (κ2) is 15.1. The summed E-state index contributed by atoms with van der Waals surface area (Å²) in [5.41, 5.74) is 2.23. The van der Waals surface area contributed by atoms with E-state index in [1.54, 1.807) is 43.5 Å². The Morgan fingerprint density at radius 3 is 2.07 bits per heavy atom. The first kappa shape index (κ1) is 34.2. The van der Waals surface area contributed by atoms with Crippen molar-refractivity contribution >= 4 is 27.5 Å². The average molecular weight is 642 g/mol. The third kappa shape index (κ3) is 8.75. The number of nitrogens with zero attached hydrogens (tertiary/aromatic N) is 2. The van der Waals surface area contributed by atoms with E-state index in [1.165, 1.54) is 21.3 Å². The van der Waals surface area contributed by atoms with Gasteiger partial charge in [-0.25, -0.2) is 8.42 Å². The summed E-state index contributed by atoms with van der Waals surface area (Å²) in [7, 11) is -2.60. The molecule has 0 saturated heterocycles. The van der Waals surface area contributed by atoms with Gasteiger partial charge < -0.3 is 15.0 Å². The fourth-order valence-corrected chi connectivity index (χ4v) is 6.73. The van der Waals surface area contributed by atoms with Crippen LogP contribution in [0.25, 0.3) is 0 Å². The van der Waals surface area contributed by atoms with Crippen LogP contribution in [0.5, 0.6) is 5.75 Å². The van der Waals surface area contributed by atoms with Gasteiger partial charge in [-0.2, -0.15) is 0 Å². The smallest absolute Gasteiger partial charge is 0.264 e. The van der Waals surface area contributed by atoms with Gasteiger partial charge in [0, 0.05) is 18.5 Å². The molecule has 2 amide bonds. The Kier molecular flexibility index (Phi) is 11.2. The maximum atomic E-state index is 14.7. The molecule has 0 radical (unpaired) electrons. The summed E-state index contributed by atoms with van der Waals surface area (Å²) in [5.74, 6) is -0.244. The van der Waals surface area contributed by atoms with Gasteiger partial charge in [0.1, 0.15) is 18.3 Å². The zero-order chi connectivity index (χ0) is 33.3. The summed E-state index contributed by atoms with van der Waals surface area (Å²) >= 11 is 0. The van der Waals surface area contributed by atoms with E-state index < -0.39 is 34.1 Å². The molecule has 0 fully saturated rings. The number of para-hydroxylation sites is 1. The first-order valence-corrected chi connectivity index (χ1v) is 16.8. The predicted octanol–water partition coefficient (Wildman–Crippen LogP) is 6.01. The predicted molar refractivity (Wildman–Crippen MR) is 182 cm³/mol. The molecule has 0 aliphatic heterocycles. The average Bonchev–Trinajstić information content (AvgIpc) is 3.05. The van der Waals surface area contributed by atoms with E-state index >= 15 is 0 Å². The zero-order valence-corrected chi connectivity index (χ0v) is 28.0. The first-order valence-electron chi connectivity index (χ1n) is 15.4. The molecule has 1 N–H and O–H groups in total. The lowest BCUT2D eigenvalue weighted by molar-refractivity contribution is -0.140. The van der Waals surface area contributed by atoms with E-state index in [-0.39, 0.29) is 23.8 Å². The van der Waals surface area contributed by atoms with Crippen LogP contribution in [0.3, 0.4) is 0 Å². The standard InChI is InChI=1S/C37H43N3O5S/c1-6-30-19-13-14-23-33(30)40(46(43,44)32-21-11-8-12-22-32)27-35(41)39(26-29-18-15-20-31(24-29)45-5)34(36(42)38-37(2,3)4)25-28-16-9-7-10-17-28/h7-24,34H,6,25-27H2,1-5H3,(H,38,42)/t34-/m1/s1. The topological polar surface area (TPSA) is 96.0 Å². The number of hydrogen-bond acceptors (Lipinski definition) is 5. The lowest BCUT2D eigenvalue weighted by Crippen LogP contribution is -2.56. The van der Waals surface area contributed by atoms with Gasteiger partial charge >= 0.3 is 0 Å². The largest absolute Gasteiger partial charge is 0.497 e. The van der Waals surface area contributed by atoms with Crippen LogP contribution in [-0.4, -0.2) is 50.4 Å². The normalized spacial score (nSPS) is 12.2. The molecule has 0 aliphatic rings. The van der Waals surface area contributed by atoms with Crippen LogP contribution in [0.4, 0.5) is 5.69 Å². The number of anilines is 1. The second-order valence-corrected chi connectivity index (χ2v) is 14.0. The lowest BCUT2D eigenvalue weighted by atomic mass is 10.0. The van der Waals surface area contributed by atoms with Crippen LogP contribution in [0.2, 0.25) is 0 Å². The maximum absolute atomic E-state index is 14.7. The van der Waals surface area contributed by atoms with Gasteiger partial charge in [-0.1, -0.05) is 85.8 Å². The van der Waals surface area contributed by atoms with E-state index in [1.807, 2.05) is 88.4 Å². The fourth-order valence-electron chi connectivity index (χ4n) is 5.26. The number of hydrogen-bond donors (Lipinski definition) is 1. The van der Waals surface area contributed by atoms with E-state index in [9.17, 15) is 18.0 Å². The monoisotopic (exact) mass is 641 g/mol. The number of nitrogens with one attached hydrogen (secondary N) is 1. The molecule has 0 bridgehead atoms. The van der Waals surface area contributed by atoms with Crippen LogP contribution < -0.4 is 14.4 Å². The van der Waals surface area contributed by atoms with Gasteiger partial charge in [-0.15, -0.1) is 0 Å². The molecule has 1 atom stereocenters. The number of amides is 2. The van der Waals surface area contributed by atoms with Crippen molar-refractivity contribution in [2.45, 2.75) is 63.6 Å². The van der Waals surface area contributed by atoms with Crippen LogP contribution in [-0.2, 0) is 39.0 Å². The van der Waals surface area contributed by atoms with Gasteiger partial charge in [-0.3, -0.25) is 13.9 Å². The van der Waals surface area contributed by atoms with Gasteiger partial charge in [0.05, 0.1) is 17.7 Å². The second-order valence-electron chi connectivity index (χ2n) is 12.1. The summed E-state index contributed by atoms with van der Waals surface area (Å²) in [6.07, 6.45) is 0.790. The fraction of sp³-hybridized carbons (Fsp3) is 0.297. The van der Waals surface area contributed by atoms with Gasteiger partial charge in [0.15, 0.2) is 0 Å². The summed E-state index contributed by atoms with van der Waals surface area (Å²) in [4.78, 5) is 30.3. The molecule has 0 unspecified atom stereocenters.